The second-order valence-electron chi connectivity index (χ2n) is 5.32. The standard InChI is InChI=1S/C14H21NO2/c1-10-5-6-11(2)12(7-10)13(17)15-8-14(3,4)9-16/h5-7,16H,8-9H2,1-4H3,(H,15,17). The molecule has 1 aromatic rings. The van der Waals surface area contributed by atoms with Crippen molar-refractivity contribution in [3.05, 3.63) is 34.9 Å². The van der Waals surface area contributed by atoms with E-state index in [9.17, 15) is 4.79 Å². The van der Waals surface area contributed by atoms with E-state index in [1.54, 1.807) is 0 Å². The summed E-state index contributed by atoms with van der Waals surface area (Å²) in [5.74, 6) is -0.0762. The van der Waals surface area contributed by atoms with Crippen LogP contribution in [-0.4, -0.2) is 24.2 Å². The quantitative estimate of drug-likeness (QED) is 0.839. The third-order valence-corrected chi connectivity index (χ3v) is 2.79. The molecule has 0 bridgehead atoms. The summed E-state index contributed by atoms with van der Waals surface area (Å²) in [5.41, 5.74) is 2.46. The van der Waals surface area contributed by atoms with Gasteiger partial charge < -0.3 is 10.4 Å². The highest BCUT2D eigenvalue weighted by molar-refractivity contribution is 5.95. The molecule has 0 aliphatic carbocycles. The minimum absolute atomic E-state index is 0.0556. The normalized spacial score (nSPS) is 11.4. The monoisotopic (exact) mass is 235 g/mol. The lowest BCUT2D eigenvalue weighted by atomic mass is 9.94. The van der Waals surface area contributed by atoms with Crippen LogP contribution >= 0.6 is 0 Å². The first-order chi connectivity index (χ1) is 7.85. The Labute approximate surface area is 103 Å². The van der Waals surface area contributed by atoms with Crippen LogP contribution in [0.25, 0.3) is 0 Å². The van der Waals surface area contributed by atoms with Gasteiger partial charge in [-0.05, 0) is 25.5 Å². The Kier molecular flexibility index (Phi) is 4.29. The average molecular weight is 235 g/mol. The highest BCUT2D eigenvalue weighted by atomic mass is 16.3. The van der Waals surface area contributed by atoms with Gasteiger partial charge in [0.25, 0.3) is 5.91 Å². The zero-order valence-electron chi connectivity index (χ0n) is 11.0. The van der Waals surface area contributed by atoms with Crippen molar-refractivity contribution in [2.75, 3.05) is 13.2 Å². The van der Waals surface area contributed by atoms with Crippen molar-refractivity contribution in [1.29, 1.82) is 0 Å². The fraction of sp³-hybridized carbons (Fsp3) is 0.500. The summed E-state index contributed by atoms with van der Waals surface area (Å²) in [6.07, 6.45) is 0. The van der Waals surface area contributed by atoms with Gasteiger partial charge in [0, 0.05) is 24.1 Å². The topological polar surface area (TPSA) is 49.3 Å². The number of aliphatic hydroxyl groups excluding tert-OH is 1. The van der Waals surface area contributed by atoms with Crippen LogP contribution in [0, 0.1) is 19.3 Å². The van der Waals surface area contributed by atoms with Crippen LogP contribution in [0.5, 0.6) is 0 Å². The molecule has 0 spiro atoms. The van der Waals surface area contributed by atoms with Gasteiger partial charge in [-0.2, -0.15) is 0 Å². The molecule has 3 heteroatoms. The zero-order valence-corrected chi connectivity index (χ0v) is 11.0. The SMILES string of the molecule is Cc1ccc(C)c(C(=O)NCC(C)(C)CO)c1. The van der Waals surface area contributed by atoms with Gasteiger partial charge in [0.2, 0.25) is 0 Å². The molecule has 17 heavy (non-hydrogen) atoms. The van der Waals surface area contributed by atoms with Gasteiger partial charge in [-0.25, -0.2) is 0 Å². The molecule has 0 fully saturated rings. The molecule has 0 radical (unpaired) electrons. The van der Waals surface area contributed by atoms with Crippen molar-refractivity contribution in [1.82, 2.24) is 5.32 Å². The molecule has 0 aromatic heterocycles. The van der Waals surface area contributed by atoms with Crippen molar-refractivity contribution in [3.8, 4) is 0 Å². The molecule has 0 saturated heterocycles. The summed E-state index contributed by atoms with van der Waals surface area (Å²) in [6.45, 7) is 8.24. The molecule has 1 rings (SSSR count). The number of hydrogen-bond donors (Lipinski definition) is 2. The van der Waals surface area contributed by atoms with E-state index in [0.717, 1.165) is 11.1 Å². The molecule has 0 heterocycles. The van der Waals surface area contributed by atoms with Gasteiger partial charge in [0.05, 0.1) is 0 Å². The van der Waals surface area contributed by atoms with Gasteiger partial charge in [-0.3, -0.25) is 4.79 Å². The molecule has 94 valence electrons. The van der Waals surface area contributed by atoms with E-state index in [0.29, 0.717) is 12.1 Å². The van der Waals surface area contributed by atoms with E-state index in [1.165, 1.54) is 0 Å². The van der Waals surface area contributed by atoms with Crippen LogP contribution < -0.4 is 5.32 Å². The molecule has 0 aliphatic rings. The zero-order chi connectivity index (χ0) is 13.1. The number of benzene rings is 1. The Morgan fingerprint density at radius 1 is 1.35 bits per heavy atom. The lowest BCUT2D eigenvalue weighted by molar-refractivity contribution is 0.0910. The lowest BCUT2D eigenvalue weighted by Crippen LogP contribution is -2.36. The van der Waals surface area contributed by atoms with E-state index in [2.05, 4.69) is 5.32 Å². The third kappa shape index (κ3) is 3.86. The fourth-order valence-corrected chi connectivity index (χ4v) is 1.45. The first-order valence-electron chi connectivity index (χ1n) is 5.82. The molecular weight excluding hydrogens is 214 g/mol. The van der Waals surface area contributed by atoms with Crippen LogP contribution in [0.4, 0.5) is 0 Å². The molecule has 0 unspecified atom stereocenters. The number of carbonyl (C=O) groups is 1. The van der Waals surface area contributed by atoms with Crippen LogP contribution in [0.3, 0.4) is 0 Å². The van der Waals surface area contributed by atoms with Gasteiger partial charge in [0.15, 0.2) is 0 Å². The predicted molar refractivity (Wildman–Crippen MR) is 69.1 cm³/mol. The average Bonchev–Trinajstić information content (AvgIpc) is 2.29. The Morgan fingerprint density at radius 3 is 2.59 bits per heavy atom. The second-order valence-corrected chi connectivity index (χ2v) is 5.32. The van der Waals surface area contributed by atoms with Crippen molar-refractivity contribution in [2.45, 2.75) is 27.7 Å². The van der Waals surface area contributed by atoms with Gasteiger partial charge in [0.1, 0.15) is 0 Å². The number of aryl methyl sites for hydroxylation is 2. The van der Waals surface area contributed by atoms with Crippen LogP contribution in [0.15, 0.2) is 18.2 Å². The number of hydrogen-bond acceptors (Lipinski definition) is 2. The van der Waals surface area contributed by atoms with Crippen LogP contribution in [-0.2, 0) is 0 Å². The number of carbonyl (C=O) groups excluding carboxylic acids is 1. The Bertz CT molecular complexity index is 411. The summed E-state index contributed by atoms with van der Waals surface area (Å²) < 4.78 is 0. The summed E-state index contributed by atoms with van der Waals surface area (Å²) in [7, 11) is 0. The van der Waals surface area contributed by atoms with E-state index in [1.807, 2.05) is 45.9 Å². The molecule has 0 atom stereocenters. The number of aliphatic hydroxyl groups is 1. The highest BCUT2D eigenvalue weighted by Gasteiger charge is 2.18. The van der Waals surface area contributed by atoms with Crippen LogP contribution in [0.2, 0.25) is 0 Å². The maximum atomic E-state index is 12.0. The largest absolute Gasteiger partial charge is 0.396 e. The summed E-state index contributed by atoms with van der Waals surface area (Å²) in [6, 6.07) is 5.82. The minimum atomic E-state index is -0.284. The van der Waals surface area contributed by atoms with Crippen molar-refractivity contribution in [2.24, 2.45) is 5.41 Å². The van der Waals surface area contributed by atoms with Crippen molar-refractivity contribution in [3.63, 3.8) is 0 Å². The Hall–Kier alpha value is -1.35. The molecule has 1 amide bonds. The lowest BCUT2D eigenvalue weighted by Gasteiger charge is -2.22. The predicted octanol–water partition coefficient (Wildman–Crippen LogP) is 2.05. The third-order valence-electron chi connectivity index (χ3n) is 2.79. The summed E-state index contributed by atoms with van der Waals surface area (Å²) >= 11 is 0. The van der Waals surface area contributed by atoms with Gasteiger partial charge in [-0.1, -0.05) is 31.5 Å². The van der Waals surface area contributed by atoms with Gasteiger partial charge in [-0.15, -0.1) is 0 Å². The maximum absolute atomic E-state index is 12.0. The summed E-state index contributed by atoms with van der Waals surface area (Å²) in [5, 5.41) is 12.0. The molecule has 0 aliphatic heterocycles. The number of nitrogens with one attached hydrogen (secondary N) is 1. The van der Waals surface area contributed by atoms with Crippen LogP contribution in [0.1, 0.15) is 35.3 Å². The molecule has 1 aromatic carbocycles. The minimum Gasteiger partial charge on any atom is -0.396 e. The van der Waals surface area contributed by atoms with Crippen molar-refractivity contribution < 1.29 is 9.90 Å². The first-order valence-corrected chi connectivity index (χ1v) is 5.82. The summed E-state index contributed by atoms with van der Waals surface area (Å²) in [4.78, 5) is 12.0. The Morgan fingerprint density at radius 2 is 2.00 bits per heavy atom. The molecule has 0 saturated carbocycles. The second kappa shape index (κ2) is 5.32. The smallest absolute Gasteiger partial charge is 0.251 e. The van der Waals surface area contributed by atoms with Gasteiger partial charge >= 0.3 is 0 Å². The molecule has 3 nitrogen and oxygen atoms in total. The maximum Gasteiger partial charge on any atom is 0.251 e. The number of amides is 1. The number of rotatable bonds is 4. The fourth-order valence-electron chi connectivity index (χ4n) is 1.45. The Balaban J connectivity index is 2.74. The van der Waals surface area contributed by atoms with E-state index >= 15 is 0 Å². The van der Waals surface area contributed by atoms with E-state index in [4.69, 9.17) is 5.11 Å². The van der Waals surface area contributed by atoms with E-state index < -0.39 is 0 Å². The highest BCUT2D eigenvalue weighted by Crippen LogP contribution is 2.14. The van der Waals surface area contributed by atoms with Crippen molar-refractivity contribution >= 4 is 5.91 Å². The molecular formula is C14H21NO2. The molecule has 2 N–H and O–H groups in total. The van der Waals surface area contributed by atoms with E-state index in [-0.39, 0.29) is 17.9 Å². The first kappa shape index (κ1) is 13.7.